The fourth-order valence-corrected chi connectivity index (χ4v) is 2.08. The van der Waals surface area contributed by atoms with Gasteiger partial charge < -0.3 is 15.2 Å². The van der Waals surface area contributed by atoms with Crippen LogP contribution in [-0.4, -0.2) is 31.0 Å². The molecule has 1 rings (SSSR count). The third kappa shape index (κ3) is 7.63. The lowest BCUT2D eigenvalue weighted by Gasteiger charge is -2.17. The van der Waals surface area contributed by atoms with E-state index in [1.807, 2.05) is 18.2 Å². The molecule has 0 aliphatic heterocycles. The number of nitrogens with one attached hydrogen (secondary N) is 1. The minimum absolute atomic E-state index is 0.246. The van der Waals surface area contributed by atoms with Crippen molar-refractivity contribution in [3.05, 3.63) is 35.9 Å². The summed E-state index contributed by atoms with van der Waals surface area (Å²) in [7, 11) is 0. The number of aliphatic hydroxyl groups is 1. The summed E-state index contributed by atoms with van der Waals surface area (Å²) in [5.41, 5.74) is 1.24. The van der Waals surface area contributed by atoms with Crippen molar-refractivity contribution >= 4 is 0 Å². The molecule has 0 aliphatic carbocycles. The first-order valence-electron chi connectivity index (χ1n) is 7.78. The number of rotatable bonds is 11. The van der Waals surface area contributed by atoms with Crippen molar-refractivity contribution in [2.75, 3.05) is 19.8 Å². The molecule has 2 atom stereocenters. The number of unbranched alkanes of at least 4 members (excludes halogenated alkanes) is 3. The average Bonchev–Trinajstić information content (AvgIpc) is 2.49. The average molecular weight is 279 g/mol. The normalized spacial score (nSPS) is 14.2. The second kappa shape index (κ2) is 10.8. The molecule has 20 heavy (non-hydrogen) atoms. The Morgan fingerprint density at radius 2 is 1.90 bits per heavy atom. The lowest BCUT2D eigenvalue weighted by Crippen LogP contribution is -2.32. The summed E-state index contributed by atoms with van der Waals surface area (Å²) in [4.78, 5) is 0. The van der Waals surface area contributed by atoms with Crippen LogP contribution in [0.25, 0.3) is 0 Å². The summed E-state index contributed by atoms with van der Waals surface area (Å²) < 4.78 is 5.49. The zero-order chi connectivity index (χ0) is 14.6. The van der Waals surface area contributed by atoms with Gasteiger partial charge >= 0.3 is 0 Å². The molecule has 0 heterocycles. The molecule has 1 aromatic carbocycles. The first-order chi connectivity index (χ1) is 9.74. The molecule has 0 spiro atoms. The van der Waals surface area contributed by atoms with Gasteiger partial charge in [-0.25, -0.2) is 0 Å². The van der Waals surface area contributed by atoms with Gasteiger partial charge in [0, 0.05) is 19.2 Å². The quantitative estimate of drug-likeness (QED) is 0.611. The molecule has 0 radical (unpaired) electrons. The Bertz CT molecular complexity index is 329. The van der Waals surface area contributed by atoms with Crippen molar-refractivity contribution in [2.24, 2.45) is 0 Å². The molecular formula is C17H29NO2. The number of ether oxygens (including phenoxy) is 1. The number of hydrogen-bond donors (Lipinski definition) is 2. The fourth-order valence-electron chi connectivity index (χ4n) is 2.08. The van der Waals surface area contributed by atoms with E-state index in [1.54, 1.807) is 0 Å². The third-order valence-electron chi connectivity index (χ3n) is 3.41. The van der Waals surface area contributed by atoms with E-state index in [2.05, 4.69) is 31.3 Å². The number of hydrogen-bond acceptors (Lipinski definition) is 3. The molecule has 1 unspecified atom stereocenters. The first kappa shape index (κ1) is 17.2. The van der Waals surface area contributed by atoms with Crippen LogP contribution >= 0.6 is 0 Å². The SMILES string of the molecule is CCCCCCOCC(O)CN[C@@H](C)c1ccccc1. The Hall–Kier alpha value is -0.900. The lowest BCUT2D eigenvalue weighted by atomic mass is 10.1. The molecule has 0 bridgehead atoms. The van der Waals surface area contributed by atoms with Crippen LogP contribution in [0.3, 0.4) is 0 Å². The van der Waals surface area contributed by atoms with Crippen molar-refractivity contribution in [3.63, 3.8) is 0 Å². The summed E-state index contributed by atoms with van der Waals surface area (Å²) in [5, 5.41) is 13.2. The zero-order valence-electron chi connectivity index (χ0n) is 12.8. The lowest BCUT2D eigenvalue weighted by molar-refractivity contribution is 0.0343. The number of benzene rings is 1. The number of aliphatic hydroxyl groups excluding tert-OH is 1. The van der Waals surface area contributed by atoms with Crippen molar-refractivity contribution in [1.29, 1.82) is 0 Å². The van der Waals surface area contributed by atoms with Gasteiger partial charge in [0.1, 0.15) is 0 Å². The smallest absolute Gasteiger partial charge is 0.0897 e. The van der Waals surface area contributed by atoms with Crippen LogP contribution in [0.5, 0.6) is 0 Å². The highest BCUT2D eigenvalue weighted by molar-refractivity contribution is 5.17. The van der Waals surface area contributed by atoms with Crippen molar-refractivity contribution in [1.82, 2.24) is 5.32 Å². The molecule has 114 valence electrons. The minimum Gasteiger partial charge on any atom is -0.389 e. The summed E-state index contributed by atoms with van der Waals surface area (Å²) in [6.07, 6.45) is 4.38. The van der Waals surface area contributed by atoms with E-state index < -0.39 is 6.10 Å². The monoisotopic (exact) mass is 279 g/mol. The topological polar surface area (TPSA) is 41.5 Å². The van der Waals surface area contributed by atoms with Gasteiger partial charge in [-0.1, -0.05) is 56.5 Å². The molecule has 0 aromatic heterocycles. The maximum Gasteiger partial charge on any atom is 0.0897 e. The molecule has 1 aromatic rings. The standard InChI is InChI=1S/C17H29NO2/c1-3-4-5-9-12-20-14-17(19)13-18-15(2)16-10-7-6-8-11-16/h6-8,10-11,15,17-19H,3-5,9,12-14H2,1-2H3/t15-,17?/m0/s1. The van der Waals surface area contributed by atoms with Crippen LogP contribution in [0.15, 0.2) is 30.3 Å². The van der Waals surface area contributed by atoms with E-state index in [-0.39, 0.29) is 6.04 Å². The predicted molar refractivity (Wildman–Crippen MR) is 83.8 cm³/mol. The molecule has 0 saturated carbocycles. The molecule has 3 heteroatoms. The highest BCUT2D eigenvalue weighted by atomic mass is 16.5. The Morgan fingerprint density at radius 3 is 2.60 bits per heavy atom. The summed E-state index contributed by atoms with van der Waals surface area (Å²) >= 11 is 0. The van der Waals surface area contributed by atoms with Crippen LogP contribution in [0.1, 0.15) is 51.1 Å². The second-order valence-corrected chi connectivity index (χ2v) is 5.33. The van der Waals surface area contributed by atoms with Gasteiger partial charge in [0.15, 0.2) is 0 Å². The molecular weight excluding hydrogens is 250 g/mol. The molecule has 0 saturated heterocycles. The van der Waals surface area contributed by atoms with E-state index >= 15 is 0 Å². The van der Waals surface area contributed by atoms with Gasteiger partial charge in [0.05, 0.1) is 12.7 Å². The van der Waals surface area contributed by atoms with Gasteiger partial charge in [-0.3, -0.25) is 0 Å². The summed E-state index contributed by atoms with van der Waals surface area (Å²) in [6, 6.07) is 10.5. The molecule has 0 fully saturated rings. The molecule has 2 N–H and O–H groups in total. The van der Waals surface area contributed by atoms with Crippen LogP contribution in [0.2, 0.25) is 0 Å². The van der Waals surface area contributed by atoms with E-state index in [4.69, 9.17) is 4.74 Å². The third-order valence-corrected chi connectivity index (χ3v) is 3.41. The van der Waals surface area contributed by atoms with Crippen LogP contribution in [0, 0.1) is 0 Å². The van der Waals surface area contributed by atoms with E-state index in [9.17, 15) is 5.11 Å². The summed E-state index contributed by atoms with van der Waals surface area (Å²) in [6.45, 7) is 6.04. The molecule has 0 amide bonds. The van der Waals surface area contributed by atoms with Gasteiger partial charge in [0.2, 0.25) is 0 Å². The van der Waals surface area contributed by atoms with E-state index in [0.29, 0.717) is 13.2 Å². The predicted octanol–water partition coefficient (Wildman–Crippen LogP) is 3.30. The van der Waals surface area contributed by atoms with Gasteiger partial charge in [-0.15, -0.1) is 0 Å². The maximum atomic E-state index is 9.86. The van der Waals surface area contributed by atoms with Crippen LogP contribution in [-0.2, 0) is 4.74 Å². The second-order valence-electron chi connectivity index (χ2n) is 5.33. The molecule has 3 nitrogen and oxygen atoms in total. The van der Waals surface area contributed by atoms with E-state index in [0.717, 1.165) is 13.0 Å². The Morgan fingerprint density at radius 1 is 1.15 bits per heavy atom. The Kier molecular flexibility index (Phi) is 9.29. The minimum atomic E-state index is -0.438. The fraction of sp³-hybridized carbons (Fsp3) is 0.647. The highest BCUT2D eigenvalue weighted by Crippen LogP contribution is 2.10. The largest absolute Gasteiger partial charge is 0.389 e. The van der Waals surface area contributed by atoms with Crippen LogP contribution in [0.4, 0.5) is 0 Å². The van der Waals surface area contributed by atoms with E-state index in [1.165, 1.54) is 24.8 Å². The first-order valence-corrected chi connectivity index (χ1v) is 7.78. The van der Waals surface area contributed by atoms with Gasteiger partial charge in [-0.2, -0.15) is 0 Å². The highest BCUT2D eigenvalue weighted by Gasteiger charge is 2.08. The van der Waals surface area contributed by atoms with Crippen LogP contribution < -0.4 is 5.32 Å². The van der Waals surface area contributed by atoms with Crippen molar-refractivity contribution in [3.8, 4) is 0 Å². The van der Waals surface area contributed by atoms with Gasteiger partial charge in [-0.05, 0) is 18.9 Å². The van der Waals surface area contributed by atoms with Crippen molar-refractivity contribution < 1.29 is 9.84 Å². The van der Waals surface area contributed by atoms with Crippen molar-refractivity contribution in [2.45, 2.75) is 51.7 Å². The summed E-state index contributed by atoms with van der Waals surface area (Å²) in [5.74, 6) is 0. The zero-order valence-corrected chi connectivity index (χ0v) is 12.8. The maximum absolute atomic E-state index is 9.86. The van der Waals surface area contributed by atoms with Gasteiger partial charge in [0.25, 0.3) is 0 Å². The Labute approximate surface area is 123 Å². The molecule has 0 aliphatic rings. The Balaban J connectivity index is 2.06.